The third-order valence-corrected chi connectivity index (χ3v) is 4.77. The topological polar surface area (TPSA) is 61.4 Å². The van der Waals surface area contributed by atoms with Crippen LogP contribution in [0.4, 0.5) is 0 Å². The fourth-order valence-electron chi connectivity index (χ4n) is 2.45. The Bertz CT molecular complexity index is 659. The Labute approximate surface area is 153 Å². The van der Waals surface area contributed by atoms with Crippen molar-refractivity contribution in [1.29, 1.82) is 0 Å². The molecule has 0 bridgehead atoms. The molecule has 0 aliphatic heterocycles. The first-order valence-electron chi connectivity index (χ1n) is 8.44. The van der Waals surface area contributed by atoms with Crippen molar-refractivity contribution in [3.8, 4) is 0 Å². The summed E-state index contributed by atoms with van der Waals surface area (Å²) < 4.78 is 0. The van der Waals surface area contributed by atoms with E-state index in [1.807, 2.05) is 66.6 Å². The van der Waals surface area contributed by atoms with Crippen LogP contribution in [0.1, 0.15) is 30.3 Å². The van der Waals surface area contributed by atoms with Crippen LogP contribution < -0.4 is 10.6 Å². The predicted molar refractivity (Wildman–Crippen MR) is 101 cm³/mol. The molecule has 1 aromatic carbocycles. The minimum absolute atomic E-state index is 0.0555. The fourth-order valence-corrected chi connectivity index (χ4v) is 3.10. The number of nitrogens with one attached hydrogen (secondary N) is 2. The zero-order valence-electron chi connectivity index (χ0n) is 14.7. The minimum atomic E-state index is -0.0794. The van der Waals surface area contributed by atoms with Gasteiger partial charge in [0.1, 0.15) is 0 Å². The van der Waals surface area contributed by atoms with E-state index in [4.69, 9.17) is 0 Å². The lowest BCUT2D eigenvalue weighted by Gasteiger charge is -2.21. The normalized spacial score (nSPS) is 12.0. The second kappa shape index (κ2) is 9.96. The van der Waals surface area contributed by atoms with Crippen LogP contribution in [-0.2, 0) is 16.1 Å². The largest absolute Gasteiger partial charge is 0.350 e. The van der Waals surface area contributed by atoms with Crippen LogP contribution in [0.15, 0.2) is 47.8 Å². The molecule has 0 aliphatic rings. The van der Waals surface area contributed by atoms with Gasteiger partial charge < -0.3 is 10.6 Å². The molecule has 25 heavy (non-hydrogen) atoms. The maximum Gasteiger partial charge on any atom is 0.234 e. The number of rotatable bonds is 9. The predicted octanol–water partition coefficient (Wildman–Crippen LogP) is 2.56. The molecule has 2 N–H and O–H groups in total. The number of benzene rings is 1. The highest BCUT2D eigenvalue weighted by Gasteiger charge is 2.15. The van der Waals surface area contributed by atoms with Gasteiger partial charge in [0.05, 0.1) is 25.7 Å². The van der Waals surface area contributed by atoms with Crippen LogP contribution in [0.25, 0.3) is 0 Å². The maximum absolute atomic E-state index is 12.2. The Morgan fingerprint density at radius 2 is 1.80 bits per heavy atom. The Hall–Kier alpha value is -2.18. The van der Waals surface area contributed by atoms with E-state index in [9.17, 15) is 9.59 Å². The van der Waals surface area contributed by atoms with Crippen molar-refractivity contribution in [3.63, 3.8) is 0 Å². The van der Waals surface area contributed by atoms with Gasteiger partial charge in [0.2, 0.25) is 11.8 Å². The van der Waals surface area contributed by atoms with Crippen molar-refractivity contribution in [2.24, 2.45) is 0 Å². The average molecular weight is 359 g/mol. The van der Waals surface area contributed by atoms with E-state index in [-0.39, 0.29) is 30.9 Å². The summed E-state index contributed by atoms with van der Waals surface area (Å²) in [6.07, 6.45) is 0. The lowest BCUT2D eigenvalue weighted by atomic mass is 10.1. The monoisotopic (exact) mass is 359 g/mol. The third kappa shape index (κ3) is 6.68. The zero-order chi connectivity index (χ0) is 18.1. The van der Waals surface area contributed by atoms with Crippen molar-refractivity contribution in [1.82, 2.24) is 15.5 Å². The molecule has 0 spiro atoms. The molecule has 1 aromatic heterocycles. The molecule has 0 saturated carbocycles. The number of nitrogens with zero attached hydrogens (tertiary/aromatic N) is 1. The second-order valence-electron chi connectivity index (χ2n) is 5.86. The quantitative estimate of drug-likeness (QED) is 0.723. The molecule has 2 aromatic rings. The molecule has 2 amide bonds. The molecule has 0 unspecified atom stereocenters. The SMILES string of the molecule is CCN(CC(=O)NCc1cccs1)CC(=O)N[C@@H](C)c1ccccc1. The van der Waals surface area contributed by atoms with Crippen LogP contribution in [0.3, 0.4) is 0 Å². The smallest absolute Gasteiger partial charge is 0.234 e. The molecule has 0 saturated heterocycles. The van der Waals surface area contributed by atoms with Crippen LogP contribution >= 0.6 is 11.3 Å². The highest BCUT2D eigenvalue weighted by molar-refractivity contribution is 7.09. The van der Waals surface area contributed by atoms with Crippen molar-refractivity contribution >= 4 is 23.2 Å². The molecular weight excluding hydrogens is 334 g/mol. The van der Waals surface area contributed by atoms with Crippen molar-refractivity contribution in [2.75, 3.05) is 19.6 Å². The number of hydrogen-bond acceptors (Lipinski definition) is 4. The van der Waals surface area contributed by atoms with Crippen molar-refractivity contribution in [3.05, 3.63) is 58.3 Å². The number of carbonyl (C=O) groups excluding carboxylic acids is 2. The van der Waals surface area contributed by atoms with E-state index in [2.05, 4.69) is 10.6 Å². The van der Waals surface area contributed by atoms with Gasteiger partial charge in [0.25, 0.3) is 0 Å². The van der Waals surface area contributed by atoms with Gasteiger partial charge in [0, 0.05) is 4.88 Å². The average Bonchev–Trinajstić information content (AvgIpc) is 3.13. The summed E-state index contributed by atoms with van der Waals surface area (Å²) in [4.78, 5) is 27.2. The first kappa shape index (κ1) is 19.1. The van der Waals surface area contributed by atoms with E-state index >= 15 is 0 Å². The van der Waals surface area contributed by atoms with Crippen LogP contribution in [0.5, 0.6) is 0 Å². The molecule has 1 heterocycles. The molecular formula is C19H25N3O2S. The van der Waals surface area contributed by atoms with Gasteiger partial charge in [-0.2, -0.15) is 0 Å². The summed E-state index contributed by atoms with van der Waals surface area (Å²) in [6.45, 7) is 5.50. The van der Waals surface area contributed by atoms with Gasteiger partial charge in [-0.1, -0.05) is 43.3 Å². The second-order valence-corrected chi connectivity index (χ2v) is 6.89. The van der Waals surface area contributed by atoms with Crippen molar-refractivity contribution < 1.29 is 9.59 Å². The molecule has 1 atom stereocenters. The number of carbonyl (C=O) groups is 2. The minimum Gasteiger partial charge on any atom is -0.350 e. The summed E-state index contributed by atoms with van der Waals surface area (Å²) in [5.41, 5.74) is 1.06. The van der Waals surface area contributed by atoms with Gasteiger partial charge in [-0.25, -0.2) is 0 Å². The Balaban J connectivity index is 1.76. The van der Waals surface area contributed by atoms with Gasteiger partial charge in [-0.3, -0.25) is 14.5 Å². The maximum atomic E-state index is 12.2. The van der Waals surface area contributed by atoms with Gasteiger partial charge >= 0.3 is 0 Å². The zero-order valence-corrected chi connectivity index (χ0v) is 15.5. The number of hydrogen-bond donors (Lipinski definition) is 2. The standard InChI is InChI=1S/C19H25N3O2S/c1-3-22(13-18(23)20-12-17-10-7-11-25-17)14-19(24)21-15(2)16-8-5-4-6-9-16/h4-11,15H,3,12-14H2,1-2H3,(H,20,23)(H,21,24)/t15-/m0/s1. The van der Waals surface area contributed by atoms with Crippen LogP contribution in [0.2, 0.25) is 0 Å². The highest BCUT2D eigenvalue weighted by atomic mass is 32.1. The lowest BCUT2D eigenvalue weighted by molar-refractivity contribution is -0.125. The van der Waals surface area contributed by atoms with E-state index in [0.717, 1.165) is 10.4 Å². The van der Waals surface area contributed by atoms with E-state index in [1.165, 1.54) is 0 Å². The third-order valence-electron chi connectivity index (χ3n) is 3.90. The molecule has 6 heteroatoms. The van der Waals surface area contributed by atoms with Gasteiger partial charge in [-0.15, -0.1) is 11.3 Å². The fraction of sp³-hybridized carbons (Fsp3) is 0.368. The first-order chi connectivity index (χ1) is 12.1. The summed E-state index contributed by atoms with van der Waals surface area (Å²) in [5, 5.41) is 7.85. The molecule has 134 valence electrons. The molecule has 0 fully saturated rings. The Kier molecular flexibility index (Phi) is 7.63. The highest BCUT2D eigenvalue weighted by Crippen LogP contribution is 2.11. The van der Waals surface area contributed by atoms with E-state index in [0.29, 0.717) is 13.1 Å². The van der Waals surface area contributed by atoms with Crippen LogP contribution in [0, 0.1) is 0 Å². The summed E-state index contributed by atoms with van der Waals surface area (Å²) in [6, 6.07) is 13.7. The number of amides is 2. The van der Waals surface area contributed by atoms with Crippen molar-refractivity contribution in [2.45, 2.75) is 26.4 Å². The van der Waals surface area contributed by atoms with Gasteiger partial charge in [-0.05, 0) is 30.5 Å². The van der Waals surface area contributed by atoms with E-state index in [1.54, 1.807) is 11.3 Å². The summed E-state index contributed by atoms with van der Waals surface area (Å²) in [5.74, 6) is -0.150. The van der Waals surface area contributed by atoms with Gasteiger partial charge in [0.15, 0.2) is 0 Å². The first-order valence-corrected chi connectivity index (χ1v) is 9.32. The number of thiophene rings is 1. The molecule has 5 nitrogen and oxygen atoms in total. The Morgan fingerprint density at radius 3 is 2.44 bits per heavy atom. The lowest BCUT2D eigenvalue weighted by Crippen LogP contribution is -2.43. The molecule has 2 rings (SSSR count). The Morgan fingerprint density at radius 1 is 1.08 bits per heavy atom. The van der Waals surface area contributed by atoms with E-state index < -0.39 is 0 Å². The molecule has 0 aliphatic carbocycles. The summed E-state index contributed by atoms with van der Waals surface area (Å²) >= 11 is 1.61. The van der Waals surface area contributed by atoms with Crippen LogP contribution in [-0.4, -0.2) is 36.3 Å². The number of likely N-dealkylation sites (N-methyl/N-ethyl adjacent to an activating group) is 1. The molecule has 0 radical (unpaired) electrons. The summed E-state index contributed by atoms with van der Waals surface area (Å²) in [7, 11) is 0.